The minimum Gasteiger partial charge on any atom is -0.497 e. The molecular formula is C25H36ClFNO7P. The fraction of sp³-hybridized carbons (Fsp3) is 0.520. The fourth-order valence-corrected chi connectivity index (χ4v) is 4.28. The van der Waals surface area contributed by atoms with Crippen molar-refractivity contribution in [2.24, 2.45) is 0 Å². The number of nitrogens with zero attached hydrogens (tertiary/aromatic N) is 1. The molecule has 0 spiro atoms. The molecule has 0 aliphatic heterocycles. The van der Waals surface area contributed by atoms with Crippen molar-refractivity contribution in [1.29, 1.82) is 0 Å². The number of aryl methyl sites for hydroxylation is 2. The van der Waals surface area contributed by atoms with Crippen LogP contribution in [0.2, 0.25) is 0 Å². The SMILES string of the molecule is COc1cccc(CCc2ccccc2OC[C@H](CN(C)C)OCOP(=O)(OF)O[C@H](C)[C@@H](C)Cl)c1. The second-order valence-electron chi connectivity index (χ2n) is 8.57. The van der Waals surface area contributed by atoms with Crippen LogP contribution in [0.15, 0.2) is 48.5 Å². The summed E-state index contributed by atoms with van der Waals surface area (Å²) in [5.74, 6) is 1.56. The van der Waals surface area contributed by atoms with Crippen LogP contribution >= 0.6 is 19.4 Å². The number of phosphoric ester groups is 1. The van der Waals surface area contributed by atoms with E-state index < -0.39 is 32.2 Å². The number of para-hydroxylation sites is 1. The molecule has 2 aromatic rings. The third-order valence-electron chi connectivity index (χ3n) is 5.32. The van der Waals surface area contributed by atoms with Gasteiger partial charge in [0.2, 0.25) is 0 Å². The third kappa shape index (κ3) is 10.7. The number of methoxy groups -OCH3 is 1. The molecule has 0 amide bonds. The number of likely N-dealkylation sites (N-methyl/N-ethyl adjacent to an activating group) is 1. The van der Waals surface area contributed by atoms with Crippen molar-refractivity contribution in [3.8, 4) is 11.5 Å². The Bertz CT molecular complexity index is 966. The Morgan fingerprint density at radius 1 is 1.08 bits per heavy atom. The number of hydrogen-bond donors (Lipinski definition) is 0. The van der Waals surface area contributed by atoms with E-state index in [2.05, 4.69) is 10.8 Å². The Kier molecular flexibility index (Phi) is 13.2. The average Bonchev–Trinajstić information content (AvgIpc) is 2.86. The number of benzene rings is 2. The zero-order chi connectivity index (χ0) is 26.6. The third-order valence-corrected chi connectivity index (χ3v) is 6.86. The van der Waals surface area contributed by atoms with Crippen molar-refractivity contribution < 1.29 is 37.1 Å². The second kappa shape index (κ2) is 15.5. The van der Waals surface area contributed by atoms with Gasteiger partial charge in [0.15, 0.2) is 6.79 Å². The zero-order valence-electron chi connectivity index (χ0n) is 21.4. The van der Waals surface area contributed by atoms with E-state index in [1.54, 1.807) is 14.0 Å². The molecule has 0 heterocycles. The van der Waals surface area contributed by atoms with Gasteiger partial charge in [0.25, 0.3) is 0 Å². The summed E-state index contributed by atoms with van der Waals surface area (Å²) in [5.41, 5.74) is 2.21. The Hall–Kier alpha value is -1.71. The van der Waals surface area contributed by atoms with Gasteiger partial charge in [-0.2, -0.15) is 0 Å². The van der Waals surface area contributed by atoms with Crippen molar-refractivity contribution in [2.75, 3.05) is 41.1 Å². The lowest BCUT2D eigenvalue weighted by atomic mass is 10.0. The Balaban J connectivity index is 1.96. The summed E-state index contributed by atoms with van der Waals surface area (Å²) >= 11 is 5.88. The zero-order valence-corrected chi connectivity index (χ0v) is 23.0. The molecular weight excluding hydrogens is 512 g/mol. The van der Waals surface area contributed by atoms with Crippen LogP contribution in [-0.4, -0.2) is 63.6 Å². The normalized spacial score (nSPS) is 15.8. The van der Waals surface area contributed by atoms with E-state index in [-0.39, 0.29) is 6.61 Å². The molecule has 0 saturated carbocycles. The number of phosphoric acid groups is 1. The van der Waals surface area contributed by atoms with Crippen LogP contribution in [0.3, 0.4) is 0 Å². The molecule has 11 heteroatoms. The number of halogens is 2. The first-order valence-electron chi connectivity index (χ1n) is 11.6. The lowest BCUT2D eigenvalue weighted by Gasteiger charge is -2.24. The summed E-state index contributed by atoms with van der Waals surface area (Å²) < 4.78 is 55.7. The molecule has 0 radical (unpaired) electrons. The first kappa shape index (κ1) is 30.5. The molecule has 0 aromatic heterocycles. The van der Waals surface area contributed by atoms with Crippen molar-refractivity contribution in [3.05, 3.63) is 59.7 Å². The standard InChI is InChI=1S/C25H36ClFNO7P/c1-19(26)20(2)34-36(29,35-27)33-18-32-24(16-28(3)4)17-31-25-12-7-6-10-22(25)14-13-21-9-8-11-23(15-21)30-5/h6-12,15,19-20,24H,13-14,16-18H2,1-5H3/t19-,20-,24+,36?/m1/s1. The maximum atomic E-state index is 12.9. The Labute approximate surface area is 218 Å². The van der Waals surface area contributed by atoms with Crippen LogP contribution in [0.25, 0.3) is 0 Å². The predicted octanol–water partition coefficient (Wildman–Crippen LogP) is 5.82. The van der Waals surface area contributed by atoms with Gasteiger partial charge in [0.1, 0.15) is 24.2 Å². The molecule has 4 atom stereocenters. The smallest absolute Gasteiger partial charge is 0.497 e. The molecule has 36 heavy (non-hydrogen) atoms. The van der Waals surface area contributed by atoms with E-state index in [4.69, 9.17) is 34.9 Å². The highest BCUT2D eigenvalue weighted by Crippen LogP contribution is 2.51. The monoisotopic (exact) mass is 547 g/mol. The first-order valence-corrected chi connectivity index (χ1v) is 13.5. The van der Waals surface area contributed by atoms with E-state index in [1.807, 2.05) is 61.5 Å². The molecule has 202 valence electrons. The number of hydrogen-bond acceptors (Lipinski definition) is 8. The maximum absolute atomic E-state index is 12.9. The summed E-state index contributed by atoms with van der Waals surface area (Å²) in [7, 11) is 0.933. The van der Waals surface area contributed by atoms with Crippen LogP contribution in [0.1, 0.15) is 25.0 Å². The summed E-state index contributed by atoms with van der Waals surface area (Å²) in [6, 6.07) is 15.7. The number of alkyl halides is 1. The second-order valence-corrected chi connectivity index (χ2v) is 10.8. The molecule has 0 fully saturated rings. The van der Waals surface area contributed by atoms with E-state index in [1.165, 1.54) is 6.92 Å². The van der Waals surface area contributed by atoms with Gasteiger partial charge in [0, 0.05) is 6.54 Å². The van der Waals surface area contributed by atoms with Gasteiger partial charge in [-0.15, -0.1) is 11.6 Å². The molecule has 0 N–H and O–H groups in total. The van der Waals surface area contributed by atoms with Crippen LogP contribution < -0.4 is 9.47 Å². The predicted molar refractivity (Wildman–Crippen MR) is 137 cm³/mol. The summed E-state index contributed by atoms with van der Waals surface area (Å²) in [5, 5.41) is -0.531. The Morgan fingerprint density at radius 2 is 1.83 bits per heavy atom. The van der Waals surface area contributed by atoms with Crippen LogP contribution in [-0.2, 0) is 35.9 Å². The van der Waals surface area contributed by atoms with Gasteiger partial charge in [-0.1, -0.05) is 35.1 Å². The largest absolute Gasteiger partial charge is 0.508 e. The molecule has 1 unspecified atom stereocenters. The highest BCUT2D eigenvalue weighted by Gasteiger charge is 2.33. The Morgan fingerprint density at radius 3 is 2.50 bits per heavy atom. The van der Waals surface area contributed by atoms with Gasteiger partial charge in [-0.3, -0.25) is 9.05 Å². The quantitative estimate of drug-likeness (QED) is 0.139. The summed E-state index contributed by atoms with van der Waals surface area (Å²) in [4.78, 5) is 1.90. The van der Waals surface area contributed by atoms with Gasteiger partial charge in [0.05, 0.1) is 18.6 Å². The van der Waals surface area contributed by atoms with Gasteiger partial charge in [-0.25, -0.2) is 4.57 Å². The van der Waals surface area contributed by atoms with E-state index in [0.29, 0.717) is 6.54 Å². The van der Waals surface area contributed by atoms with Crippen molar-refractivity contribution in [2.45, 2.75) is 44.3 Å². The van der Waals surface area contributed by atoms with Gasteiger partial charge >= 0.3 is 7.82 Å². The van der Waals surface area contributed by atoms with Crippen molar-refractivity contribution in [1.82, 2.24) is 4.90 Å². The lowest BCUT2D eigenvalue weighted by molar-refractivity contribution is -0.109. The highest BCUT2D eigenvalue weighted by molar-refractivity contribution is 7.48. The molecule has 2 aromatic carbocycles. The topological polar surface area (TPSA) is 75.7 Å². The molecule has 0 bridgehead atoms. The first-order chi connectivity index (χ1) is 17.2. The highest BCUT2D eigenvalue weighted by atomic mass is 35.5. The molecule has 8 nitrogen and oxygen atoms in total. The fourth-order valence-electron chi connectivity index (χ4n) is 3.25. The average molecular weight is 548 g/mol. The molecule has 0 saturated heterocycles. The van der Waals surface area contributed by atoms with E-state index in [9.17, 15) is 9.09 Å². The van der Waals surface area contributed by atoms with Gasteiger partial charge < -0.3 is 19.1 Å². The van der Waals surface area contributed by atoms with Crippen LogP contribution in [0.5, 0.6) is 11.5 Å². The summed E-state index contributed by atoms with van der Waals surface area (Å²) in [6.45, 7) is 3.29. The van der Waals surface area contributed by atoms with E-state index in [0.717, 1.165) is 35.5 Å². The van der Waals surface area contributed by atoms with Crippen LogP contribution in [0, 0.1) is 0 Å². The van der Waals surface area contributed by atoms with Crippen LogP contribution in [0.4, 0.5) is 4.53 Å². The maximum Gasteiger partial charge on any atom is 0.508 e. The number of ether oxygens (including phenoxy) is 3. The van der Waals surface area contributed by atoms with E-state index >= 15 is 0 Å². The molecule has 0 aliphatic rings. The van der Waals surface area contributed by atoms with Crippen molar-refractivity contribution in [3.63, 3.8) is 0 Å². The molecule has 2 rings (SSSR count). The minimum atomic E-state index is -4.47. The molecule has 0 aliphatic carbocycles. The van der Waals surface area contributed by atoms with Gasteiger partial charge in [-0.05, 0) is 74.6 Å². The van der Waals surface area contributed by atoms with Crippen molar-refractivity contribution >= 4 is 19.4 Å². The number of rotatable bonds is 17. The lowest BCUT2D eigenvalue weighted by Crippen LogP contribution is -2.34. The summed E-state index contributed by atoms with van der Waals surface area (Å²) in [6.07, 6.45) is 0.365. The minimum absolute atomic E-state index is 0.189.